The largest absolute Gasteiger partial charge is 0.313 e. The Balaban J connectivity index is 1.35. The molecular weight excluding hydrogens is 206 g/mol. The molecule has 1 nitrogen and oxygen atoms in total. The molecule has 0 unspecified atom stereocenters. The van der Waals surface area contributed by atoms with Gasteiger partial charge in [-0.25, -0.2) is 0 Å². The Bertz CT molecular complexity index is 346. The van der Waals surface area contributed by atoms with Crippen LogP contribution in [0.1, 0.15) is 55.6 Å². The second-order valence-corrected chi connectivity index (χ2v) is 5.78. The number of rotatable bonds is 7. The highest BCUT2D eigenvalue weighted by atomic mass is 14.8. The molecule has 0 radical (unpaired) electrons. The summed E-state index contributed by atoms with van der Waals surface area (Å²) in [6, 6.07) is 9.22. The van der Waals surface area contributed by atoms with E-state index in [1.807, 2.05) is 0 Å². The molecule has 2 saturated carbocycles. The lowest BCUT2D eigenvalue weighted by atomic mass is 10.1. The highest BCUT2D eigenvalue weighted by Gasteiger charge is 2.22. The Morgan fingerprint density at radius 2 is 1.76 bits per heavy atom. The van der Waals surface area contributed by atoms with Crippen LogP contribution in [-0.4, -0.2) is 6.54 Å². The molecule has 3 rings (SSSR count). The second-order valence-electron chi connectivity index (χ2n) is 5.78. The van der Waals surface area contributed by atoms with Crippen LogP contribution in [0.2, 0.25) is 0 Å². The average Bonchev–Trinajstić information content (AvgIpc) is 3.23. The van der Waals surface area contributed by atoms with Gasteiger partial charge in [0.1, 0.15) is 0 Å². The molecule has 0 aromatic heterocycles. The van der Waals surface area contributed by atoms with Crippen molar-refractivity contribution >= 4 is 0 Å². The van der Waals surface area contributed by atoms with Crippen molar-refractivity contribution in [2.75, 3.05) is 6.54 Å². The molecule has 0 atom stereocenters. The number of benzene rings is 1. The molecule has 0 spiro atoms. The van der Waals surface area contributed by atoms with Crippen molar-refractivity contribution in [3.63, 3.8) is 0 Å². The third kappa shape index (κ3) is 3.57. The van der Waals surface area contributed by atoms with Crippen molar-refractivity contribution in [3.8, 4) is 0 Å². The zero-order valence-electron chi connectivity index (χ0n) is 10.6. The molecule has 1 heteroatoms. The van der Waals surface area contributed by atoms with Gasteiger partial charge in [0.2, 0.25) is 0 Å². The molecule has 1 N–H and O–H groups in total. The van der Waals surface area contributed by atoms with E-state index in [4.69, 9.17) is 0 Å². The lowest BCUT2D eigenvalue weighted by Crippen LogP contribution is -2.14. The molecule has 92 valence electrons. The van der Waals surface area contributed by atoms with Crippen molar-refractivity contribution in [2.45, 2.75) is 51.0 Å². The predicted octanol–water partition coefficient (Wildman–Crippen LogP) is 3.84. The maximum absolute atomic E-state index is 3.55. The van der Waals surface area contributed by atoms with Gasteiger partial charge in [-0.15, -0.1) is 0 Å². The van der Waals surface area contributed by atoms with Crippen LogP contribution in [0.15, 0.2) is 24.3 Å². The SMILES string of the molecule is c1cc(C2CC2)ccc1CNCCCC1CC1. The first-order valence-corrected chi connectivity index (χ1v) is 7.21. The summed E-state index contributed by atoms with van der Waals surface area (Å²) in [5.74, 6) is 1.96. The summed E-state index contributed by atoms with van der Waals surface area (Å²) in [4.78, 5) is 0. The van der Waals surface area contributed by atoms with Gasteiger partial charge in [0, 0.05) is 6.54 Å². The molecular formula is C16H23N. The van der Waals surface area contributed by atoms with Gasteiger partial charge in [0.25, 0.3) is 0 Å². The van der Waals surface area contributed by atoms with Crippen LogP contribution in [-0.2, 0) is 6.54 Å². The van der Waals surface area contributed by atoms with Crippen LogP contribution in [0, 0.1) is 5.92 Å². The van der Waals surface area contributed by atoms with Gasteiger partial charge in [0.15, 0.2) is 0 Å². The van der Waals surface area contributed by atoms with Gasteiger partial charge < -0.3 is 5.32 Å². The minimum Gasteiger partial charge on any atom is -0.313 e. The van der Waals surface area contributed by atoms with Gasteiger partial charge in [0.05, 0.1) is 0 Å². The van der Waals surface area contributed by atoms with Crippen LogP contribution >= 0.6 is 0 Å². The highest BCUT2D eigenvalue weighted by Crippen LogP contribution is 2.39. The smallest absolute Gasteiger partial charge is 0.0205 e. The molecule has 1 aromatic carbocycles. The van der Waals surface area contributed by atoms with Crippen molar-refractivity contribution in [1.82, 2.24) is 5.32 Å². The summed E-state index contributed by atoms with van der Waals surface area (Å²) < 4.78 is 0. The van der Waals surface area contributed by atoms with Gasteiger partial charge in [-0.1, -0.05) is 37.1 Å². The van der Waals surface area contributed by atoms with E-state index in [0.29, 0.717) is 0 Å². The number of nitrogens with one attached hydrogen (secondary N) is 1. The fourth-order valence-electron chi connectivity index (χ4n) is 2.48. The quantitative estimate of drug-likeness (QED) is 0.700. The minimum atomic E-state index is 0.885. The lowest BCUT2D eigenvalue weighted by molar-refractivity contribution is 0.594. The zero-order chi connectivity index (χ0) is 11.5. The van der Waals surface area contributed by atoms with Crippen LogP contribution in [0.3, 0.4) is 0 Å². The fraction of sp³-hybridized carbons (Fsp3) is 0.625. The number of hydrogen-bond acceptors (Lipinski definition) is 1. The van der Waals surface area contributed by atoms with Crippen molar-refractivity contribution in [3.05, 3.63) is 35.4 Å². The molecule has 1 aromatic rings. The van der Waals surface area contributed by atoms with Crippen LogP contribution in [0.25, 0.3) is 0 Å². The molecule has 0 aliphatic heterocycles. The first kappa shape index (κ1) is 11.3. The molecule has 2 fully saturated rings. The summed E-state index contributed by atoms with van der Waals surface area (Å²) in [6.07, 6.45) is 8.57. The summed E-state index contributed by atoms with van der Waals surface area (Å²) in [5, 5.41) is 3.55. The van der Waals surface area contributed by atoms with Gasteiger partial charge >= 0.3 is 0 Å². The first-order valence-electron chi connectivity index (χ1n) is 7.21. The van der Waals surface area contributed by atoms with Crippen molar-refractivity contribution in [2.24, 2.45) is 5.92 Å². The van der Waals surface area contributed by atoms with Crippen LogP contribution in [0.4, 0.5) is 0 Å². The Morgan fingerprint density at radius 3 is 2.41 bits per heavy atom. The van der Waals surface area contributed by atoms with E-state index < -0.39 is 0 Å². The predicted molar refractivity (Wildman–Crippen MR) is 72.1 cm³/mol. The molecule has 0 bridgehead atoms. The van der Waals surface area contributed by atoms with Crippen molar-refractivity contribution in [1.29, 1.82) is 0 Å². The second kappa shape index (κ2) is 5.22. The fourth-order valence-corrected chi connectivity index (χ4v) is 2.48. The molecule has 2 aliphatic carbocycles. The molecule has 0 heterocycles. The van der Waals surface area contributed by atoms with E-state index in [9.17, 15) is 0 Å². The van der Waals surface area contributed by atoms with E-state index >= 15 is 0 Å². The van der Waals surface area contributed by atoms with Crippen LogP contribution in [0.5, 0.6) is 0 Å². The zero-order valence-corrected chi connectivity index (χ0v) is 10.6. The number of hydrogen-bond donors (Lipinski definition) is 1. The summed E-state index contributed by atoms with van der Waals surface area (Å²) in [7, 11) is 0. The van der Waals surface area contributed by atoms with Gasteiger partial charge in [-0.3, -0.25) is 0 Å². The van der Waals surface area contributed by atoms with E-state index in [0.717, 1.165) is 18.4 Å². The highest BCUT2D eigenvalue weighted by molar-refractivity contribution is 5.27. The van der Waals surface area contributed by atoms with E-state index in [1.54, 1.807) is 5.56 Å². The molecule has 2 aliphatic rings. The summed E-state index contributed by atoms with van der Waals surface area (Å²) >= 11 is 0. The molecule has 17 heavy (non-hydrogen) atoms. The summed E-state index contributed by atoms with van der Waals surface area (Å²) in [6.45, 7) is 2.22. The van der Waals surface area contributed by atoms with Gasteiger partial charge in [-0.05, 0) is 55.2 Å². The third-order valence-corrected chi connectivity index (χ3v) is 4.02. The standard InChI is InChI=1S/C16H23N/c1(2-13-3-4-13)11-17-12-14-5-7-15(8-6-14)16-9-10-16/h5-8,13,16-17H,1-4,9-12H2. The lowest BCUT2D eigenvalue weighted by Gasteiger charge is -2.05. The Kier molecular flexibility index (Phi) is 3.46. The van der Waals surface area contributed by atoms with Crippen molar-refractivity contribution < 1.29 is 0 Å². The van der Waals surface area contributed by atoms with Crippen LogP contribution < -0.4 is 5.32 Å². The Labute approximate surface area is 105 Å². The first-order chi connectivity index (χ1) is 8.42. The normalized spacial score (nSPS) is 19.5. The Morgan fingerprint density at radius 1 is 1.00 bits per heavy atom. The maximum atomic E-state index is 3.55. The maximum Gasteiger partial charge on any atom is 0.0205 e. The third-order valence-electron chi connectivity index (χ3n) is 4.02. The molecule has 0 saturated heterocycles. The Hall–Kier alpha value is -0.820. The minimum absolute atomic E-state index is 0.885. The van der Waals surface area contributed by atoms with Gasteiger partial charge in [-0.2, -0.15) is 0 Å². The van der Waals surface area contributed by atoms with E-state index in [1.165, 1.54) is 50.6 Å². The van der Waals surface area contributed by atoms with E-state index in [2.05, 4.69) is 29.6 Å². The monoisotopic (exact) mass is 229 g/mol. The topological polar surface area (TPSA) is 12.0 Å². The summed E-state index contributed by atoms with van der Waals surface area (Å²) in [5.41, 5.74) is 2.98. The van der Waals surface area contributed by atoms with E-state index in [-0.39, 0.29) is 0 Å². The average molecular weight is 229 g/mol. The molecule has 0 amide bonds.